The molecule has 0 aromatic carbocycles. The Hall–Kier alpha value is 0.350. The number of hydrogen-bond acceptors (Lipinski definition) is 1. The van der Waals surface area contributed by atoms with Crippen molar-refractivity contribution < 1.29 is 0 Å². The predicted molar refractivity (Wildman–Crippen MR) is 97.9 cm³/mol. The van der Waals surface area contributed by atoms with Crippen molar-refractivity contribution in [3.05, 3.63) is 0 Å². The van der Waals surface area contributed by atoms with Crippen LogP contribution in [0.3, 0.4) is 0 Å². The van der Waals surface area contributed by atoms with Gasteiger partial charge in [-0.3, -0.25) is 0 Å². The van der Waals surface area contributed by atoms with Crippen molar-refractivity contribution in [2.24, 2.45) is 0 Å². The summed E-state index contributed by atoms with van der Waals surface area (Å²) < 4.78 is 0. The van der Waals surface area contributed by atoms with Gasteiger partial charge in [0.15, 0.2) is 0 Å². The molecule has 20 heavy (non-hydrogen) atoms. The van der Waals surface area contributed by atoms with E-state index >= 15 is 0 Å². The third-order valence-electron chi connectivity index (χ3n) is 4.37. The van der Waals surface area contributed by atoms with E-state index in [1.54, 1.807) is 0 Å². The van der Waals surface area contributed by atoms with Crippen molar-refractivity contribution in [1.29, 1.82) is 0 Å². The van der Waals surface area contributed by atoms with Gasteiger partial charge in [-0.05, 0) is 12.7 Å². The summed E-state index contributed by atoms with van der Waals surface area (Å²) in [5.41, 5.74) is 0. The monoisotopic (exact) mass is 300 g/mol. The van der Waals surface area contributed by atoms with Crippen LogP contribution in [0.1, 0.15) is 110 Å². The molecule has 0 saturated carbocycles. The van der Waals surface area contributed by atoms with E-state index in [0.717, 1.165) is 5.25 Å². The number of rotatable bonds is 16. The molecule has 122 valence electrons. The molecular formula is C19H40S. The summed E-state index contributed by atoms with van der Waals surface area (Å²) in [6.45, 7) is 4.65. The first-order chi connectivity index (χ1) is 9.81. The van der Waals surface area contributed by atoms with E-state index < -0.39 is 0 Å². The molecule has 0 aromatic rings. The molecule has 1 heteroatoms. The molecule has 0 aromatic heterocycles. The maximum absolute atomic E-state index is 2.35. The molecule has 0 saturated heterocycles. The molecule has 0 heterocycles. The van der Waals surface area contributed by atoms with E-state index in [2.05, 4.69) is 20.1 Å². The van der Waals surface area contributed by atoms with Gasteiger partial charge in [-0.25, -0.2) is 0 Å². The lowest BCUT2D eigenvalue weighted by molar-refractivity contribution is 0.532. The maximum Gasteiger partial charge on any atom is 0.00159 e. The van der Waals surface area contributed by atoms with Crippen LogP contribution in [-0.4, -0.2) is 11.5 Å². The highest BCUT2D eigenvalue weighted by Crippen LogP contribution is 2.16. The summed E-state index contributed by atoms with van der Waals surface area (Å²) >= 11 is 2.01. The Labute approximate surface area is 133 Å². The predicted octanol–water partition coefficient (Wildman–Crippen LogP) is 7.61. The first-order valence-electron chi connectivity index (χ1n) is 9.34. The Kier molecular flexibility index (Phi) is 17.7. The zero-order chi connectivity index (χ0) is 14.9. The largest absolute Gasteiger partial charge is 0.162 e. The van der Waals surface area contributed by atoms with Gasteiger partial charge < -0.3 is 0 Å². The Morgan fingerprint density at radius 1 is 0.600 bits per heavy atom. The second-order valence-corrected chi connectivity index (χ2v) is 7.71. The zero-order valence-electron chi connectivity index (χ0n) is 14.6. The van der Waals surface area contributed by atoms with Gasteiger partial charge in [-0.15, -0.1) is 0 Å². The van der Waals surface area contributed by atoms with Crippen molar-refractivity contribution >= 4 is 11.8 Å². The van der Waals surface area contributed by atoms with Crippen molar-refractivity contribution in [2.75, 3.05) is 6.26 Å². The summed E-state index contributed by atoms with van der Waals surface area (Å²) in [7, 11) is 0. The second-order valence-electron chi connectivity index (χ2n) is 6.43. The van der Waals surface area contributed by atoms with Gasteiger partial charge in [-0.1, -0.05) is 104 Å². The van der Waals surface area contributed by atoms with Gasteiger partial charge in [0.1, 0.15) is 0 Å². The van der Waals surface area contributed by atoms with Crippen molar-refractivity contribution in [3.8, 4) is 0 Å². The van der Waals surface area contributed by atoms with Crippen molar-refractivity contribution in [1.82, 2.24) is 0 Å². The van der Waals surface area contributed by atoms with Crippen LogP contribution in [0.15, 0.2) is 0 Å². The molecule has 0 amide bonds. The molecule has 0 aliphatic carbocycles. The van der Waals surface area contributed by atoms with Crippen LogP contribution in [-0.2, 0) is 0 Å². The minimum Gasteiger partial charge on any atom is -0.162 e. The van der Waals surface area contributed by atoms with Crippen LogP contribution in [0.5, 0.6) is 0 Å². The molecule has 0 fully saturated rings. The lowest BCUT2D eigenvalue weighted by atomic mass is 10.0. The van der Waals surface area contributed by atoms with E-state index in [0.29, 0.717) is 0 Å². The fourth-order valence-corrected chi connectivity index (χ4v) is 3.15. The third-order valence-corrected chi connectivity index (χ3v) is 5.41. The Balaban J connectivity index is 2.96. The van der Waals surface area contributed by atoms with Gasteiger partial charge >= 0.3 is 0 Å². The van der Waals surface area contributed by atoms with Gasteiger partial charge in [0, 0.05) is 5.25 Å². The molecule has 0 N–H and O–H groups in total. The third kappa shape index (κ3) is 16.4. The normalized spacial score (nSPS) is 12.8. The Morgan fingerprint density at radius 3 is 1.30 bits per heavy atom. The van der Waals surface area contributed by atoms with E-state index in [1.807, 2.05) is 11.8 Å². The van der Waals surface area contributed by atoms with Crippen molar-refractivity contribution in [3.63, 3.8) is 0 Å². The lowest BCUT2D eigenvalue weighted by Gasteiger charge is -2.07. The number of hydrogen-bond donors (Lipinski definition) is 0. The highest BCUT2D eigenvalue weighted by Gasteiger charge is 1.98. The summed E-state index contributed by atoms with van der Waals surface area (Å²) in [4.78, 5) is 0. The summed E-state index contributed by atoms with van der Waals surface area (Å²) in [6.07, 6.45) is 24.1. The Morgan fingerprint density at radius 2 is 0.950 bits per heavy atom. The minimum atomic E-state index is 0.868. The lowest BCUT2D eigenvalue weighted by Crippen LogP contribution is -1.94. The fourth-order valence-electron chi connectivity index (χ4n) is 2.74. The summed E-state index contributed by atoms with van der Waals surface area (Å²) in [5.74, 6) is 0. The molecule has 1 unspecified atom stereocenters. The maximum atomic E-state index is 2.35. The topological polar surface area (TPSA) is 0 Å². The molecule has 0 rings (SSSR count). The smallest absolute Gasteiger partial charge is 0.00159 e. The highest BCUT2D eigenvalue weighted by atomic mass is 32.2. The highest BCUT2D eigenvalue weighted by molar-refractivity contribution is 7.99. The van der Waals surface area contributed by atoms with Gasteiger partial charge in [0.25, 0.3) is 0 Å². The summed E-state index contributed by atoms with van der Waals surface area (Å²) in [5, 5.41) is 0.868. The van der Waals surface area contributed by atoms with Gasteiger partial charge in [0.05, 0.1) is 0 Å². The molecule has 0 radical (unpaired) electrons. The van der Waals surface area contributed by atoms with Crippen LogP contribution in [0, 0.1) is 0 Å². The van der Waals surface area contributed by atoms with Crippen molar-refractivity contribution in [2.45, 2.75) is 115 Å². The second kappa shape index (κ2) is 17.4. The summed E-state index contributed by atoms with van der Waals surface area (Å²) in [6, 6.07) is 0. The zero-order valence-corrected chi connectivity index (χ0v) is 15.4. The average molecular weight is 301 g/mol. The molecule has 1 atom stereocenters. The molecule has 0 spiro atoms. The molecule has 0 bridgehead atoms. The van der Waals surface area contributed by atoms with Crippen LogP contribution in [0.4, 0.5) is 0 Å². The van der Waals surface area contributed by atoms with E-state index in [9.17, 15) is 0 Å². The van der Waals surface area contributed by atoms with Gasteiger partial charge in [-0.2, -0.15) is 11.8 Å². The van der Waals surface area contributed by atoms with Gasteiger partial charge in [0.2, 0.25) is 0 Å². The van der Waals surface area contributed by atoms with E-state index in [4.69, 9.17) is 0 Å². The number of thioether (sulfide) groups is 1. The van der Waals surface area contributed by atoms with Crippen LogP contribution in [0.2, 0.25) is 0 Å². The molecular weight excluding hydrogens is 260 g/mol. The fraction of sp³-hybridized carbons (Fsp3) is 1.00. The number of unbranched alkanes of at least 4 members (excludes halogenated alkanes) is 13. The Bertz CT molecular complexity index is 167. The van der Waals surface area contributed by atoms with E-state index in [1.165, 1.54) is 96.3 Å². The van der Waals surface area contributed by atoms with Crippen LogP contribution < -0.4 is 0 Å². The van der Waals surface area contributed by atoms with E-state index in [-0.39, 0.29) is 0 Å². The first-order valence-corrected chi connectivity index (χ1v) is 10.6. The minimum absolute atomic E-state index is 0.868. The molecule has 0 nitrogen and oxygen atoms in total. The van der Waals surface area contributed by atoms with Crippen LogP contribution >= 0.6 is 11.8 Å². The SMILES string of the molecule is CCCCCCCCCCCCCCCCC(C)SC. The molecule has 0 aliphatic rings. The molecule has 0 aliphatic heterocycles. The first kappa shape index (κ1) is 20.3. The quantitative estimate of drug-likeness (QED) is 0.264. The average Bonchev–Trinajstić information content (AvgIpc) is 2.47. The van der Waals surface area contributed by atoms with Crippen LogP contribution in [0.25, 0.3) is 0 Å². The standard InChI is InChI=1S/C19H40S/c1-4-5-6-7-8-9-10-11-12-13-14-15-16-17-18-19(2)20-3/h19H,4-18H2,1-3H3.